The number of benzene rings is 1. The van der Waals surface area contributed by atoms with Crippen molar-refractivity contribution in [3.05, 3.63) is 36.5 Å². The number of nitrogens with one attached hydrogen (secondary N) is 1. The first-order valence-corrected chi connectivity index (χ1v) is 6.30. The van der Waals surface area contributed by atoms with Crippen molar-refractivity contribution in [3.63, 3.8) is 0 Å². The van der Waals surface area contributed by atoms with Crippen LogP contribution in [0.25, 0.3) is 11.3 Å². The summed E-state index contributed by atoms with van der Waals surface area (Å²) >= 11 is 5.55. The van der Waals surface area contributed by atoms with Gasteiger partial charge in [-0.1, -0.05) is 12.1 Å². The molecule has 0 aliphatic heterocycles. The van der Waals surface area contributed by atoms with Crippen LogP contribution in [-0.2, 0) is 7.05 Å². The fraction of sp³-hybridized carbons (Fsp3) is 0.308. The van der Waals surface area contributed by atoms with Gasteiger partial charge in [0.1, 0.15) is 0 Å². The van der Waals surface area contributed by atoms with E-state index in [1.807, 2.05) is 42.1 Å². The molecule has 2 aromatic rings. The van der Waals surface area contributed by atoms with Crippen molar-refractivity contribution in [1.82, 2.24) is 9.78 Å². The summed E-state index contributed by atoms with van der Waals surface area (Å²) in [6.45, 7) is 0.443. The number of aromatic nitrogens is 2. The van der Waals surface area contributed by atoms with Crippen molar-refractivity contribution < 1.29 is 5.11 Å². The molecular weight excluding hydrogens is 250 g/mol. The van der Waals surface area contributed by atoms with Gasteiger partial charge in [0.05, 0.1) is 17.7 Å². The highest BCUT2D eigenvalue weighted by Crippen LogP contribution is 2.21. The Morgan fingerprint density at radius 1 is 1.44 bits per heavy atom. The van der Waals surface area contributed by atoms with Gasteiger partial charge in [-0.3, -0.25) is 4.68 Å². The van der Waals surface area contributed by atoms with Crippen molar-refractivity contribution in [2.45, 2.75) is 6.10 Å². The number of hydrogen-bond donors (Lipinski definition) is 2. The summed E-state index contributed by atoms with van der Waals surface area (Å²) in [5.74, 6) is 0.231. The average Bonchev–Trinajstić information content (AvgIpc) is 2.82. The Labute approximate surface area is 111 Å². The summed E-state index contributed by atoms with van der Waals surface area (Å²) in [5, 5.41) is 16.7. The molecule has 1 aromatic carbocycles. The predicted octanol–water partition coefficient (Wildman–Crippen LogP) is 2.10. The molecule has 2 N–H and O–H groups in total. The van der Waals surface area contributed by atoms with E-state index >= 15 is 0 Å². The normalized spacial score (nSPS) is 12.4. The third-order valence-electron chi connectivity index (χ3n) is 2.70. The number of rotatable bonds is 5. The van der Waals surface area contributed by atoms with Crippen LogP contribution in [0.2, 0.25) is 0 Å². The van der Waals surface area contributed by atoms with E-state index in [1.165, 1.54) is 0 Å². The number of aliphatic hydroxyl groups is 1. The summed E-state index contributed by atoms with van der Waals surface area (Å²) in [4.78, 5) is 0. The van der Waals surface area contributed by atoms with Gasteiger partial charge >= 0.3 is 0 Å². The molecule has 2 rings (SSSR count). The molecule has 0 aliphatic carbocycles. The van der Waals surface area contributed by atoms with Crippen LogP contribution in [-0.4, -0.2) is 33.4 Å². The Kier molecular flexibility index (Phi) is 4.23. The topological polar surface area (TPSA) is 50.1 Å². The molecule has 0 amide bonds. The molecule has 18 heavy (non-hydrogen) atoms. The lowest BCUT2D eigenvalue weighted by Crippen LogP contribution is -2.20. The maximum atomic E-state index is 9.41. The molecule has 1 unspecified atom stereocenters. The molecule has 0 aliphatic rings. The van der Waals surface area contributed by atoms with Crippen molar-refractivity contribution in [2.24, 2.45) is 7.05 Å². The summed E-state index contributed by atoms with van der Waals surface area (Å²) in [6, 6.07) is 9.95. The monoisotopic (exact) mass is 265 g/mol. The first kappa shape index (κ1) is 12.9. The summed E-state index contributed by atoms with van der Waals surface area (Å²) in [6.07, 6.45) is 1.24. The lowest BCUT2D eigenvalue weighted by molar-refractivity contribution is 0.211. The van der Waals surface area contributed by atoms with Crippen LogP contribution in [0.1, 0.15) is 0 Å². The van der Waals surface area contributed by atoms with E-state index in [1.54, 1.807) is 6.20 Å². The molecule has 0 saturated heterocycles. The lowest BCUT2D eigenvalue weighted by Gasteiger charge is -2.11. The Hall–Kier alpha value is -1.52. The van der Waals surface area contributed by atoms with Crippen LogP contribution in [0.5, 0.6) is 0 Å². The molecular formula is C13H16ClN3O. The molecule has 96 valence electrons. The van der Waals surface area contributed by atoms with Crippen LogP contribution < -0.4 is 5.32 Å². The number of alkyl halides is 1. The third-order valence-corrected chi connectivity index (χ3v) is 3.06. The van der Waals surface area contributed by atoms with Gasteiger partial charge in [-0.25, -0.2) is 0 Å². The Morgan fingerprint density at radius 3 is 2.94 bits per heavy atom. The number of anilines is 1. The van der Waals surface area contributed by atoms with Crippen molar-refractivity contribution in [3.8, 4) is 11.3 Å². The molecule has 4 nitrogen and oxygen atoms in total. The Balaban J connectivity index is 2.13. The van der Waals surface area contributed by atoms with Gasteiger partial charge in [0.25, 0.3) is 0 Å². The molecule has 1 heterocycles. The molecule has 0 radical (unpaired) electrons. The van der Waals surface area contributed by atoms with Gasteiger partial charge in [0.2, 0.25) is 0 Å². The minimum absolute atomic E-state index is 0.231. The highest BCUT2D eigenvalue weighted by Gasteiger charge is 2.05. The number of hydrogen-bond acceptors (Lipinski definition) is 3. The summed E-state index contributed by atoms with van der Waals surface area (Å²) in [5.41, 5.74) is 3.09. The Morgan fingerprint density at radius 2 is 2.28 bits per heavy atom. The second kappa shape index (κ2) is 5.89. The van der Waals surface area contributed by atoms with Crippen LogP contribution in [0, 0.1) is 0 Å². The minimum atomic E-state index is -0.535. The van der Waals surface area contributed by atoms with Gasteiger partial charge in [-0.15, -0.1) is 11.6 Å². The molecule has 0 bridgehead atoms. The lowest BCUT2D eigenvalue weighted by atomic mass is 10.1. The van der Waals surface area contributed by atoms with Crippen LogP contribution in [0.15, 0.2) is 36.5 Å². The fourth-order valence-corrected chi connectivity index (χ4v) is 1.84. The van der Waals surface area contributed by atoms with E-state index in [-0.39, 0.29) is 5.88 Å². The van der Waals surface area contributed by atoms with E-state index in [4.69, 9.17) is 11.6 Å². The molecule has 5 heteroatoms. The van der Waals surface area contributed by atoms with Crippen LogP contribution >= 0.6 is 11.6 Å². The SMILES string of the molecule is Cn1nccc1-c1cccc(NCC(O)CCl)c1. The Bertz CT molecular complexity index is 512. The second-order valence-corrected chi connectivity index (χ2v) is 4.42. The largest absolute Gasteiger partial charge is 0.390 e. The van der Waals surface area contributed by atoms with E-state index in [2.05, 4.69) is 10.4 Å². The first-order valence-electron chi connectivity index (χ1n) is 5.77. The smallest absolute Gasteiger partial charge is 0.0847 e. The zero-order valence-corrected chi connectivity index (χ0v) is 10.9. The standard InChI is InChI=1S/C13H16ClN3O/c1-17-13(5-6-16-17)10-3-2-4-11(7-10)15-9-12(18)8-14/h2-7,12,15,18H,8-9H2,1H3. The molecule has 0 spiro atoms. The maximum absolute atomic E-state index is 9.41. The van der Waals surface area contributed by atoms with Gasteiger partial charge in [-0.2, -0.15) is 5.10 Å². The summed E-state index contributed by atoms with van der Waals surface area (Å²) in [7, 11) is 1.91. The van der Waals surface area contributed by atoms with E-state index < -0.39 is 6.10 Å². The fourth-order valence-electron chi connectivity index (χ4n) is 1.74. The first-order chi connectivity index (χ1) is 8.70. The number of aliphatic hydroxyl groups excluding tert-OH is 1. The van der Waals surface area contributed by atoms with Crippen molar-refractivity contribution in [1.29, 1.82) is 0 Å². The molecule has 1 atom stereocenters. The van der Waals surface area contributed by atoms with Gasteiger partial charge in [-0.05, 0) is 18.2 Å². The minimum Gasteiger partial charge on any atom is -0.390 e. The third kappa shape index (κ3) is 3.03. The maximum Gasteiger partial charge on any atom is 0.0847 e. The number of aryl methyl sites for hydroxylation is 1. The van der Waals surface area contributed by atoms with E-state index in [0.717, 1.165) is 16.9 Å². The average molecular weight is 266 g/mol. The molecule has 0 saturated carbocycles. The van der Waals surface area contributed by atoms with E-state index in [9.17, 15) is 5.11 Å². The molecule has 1 aromatic heterocycles. The van der Waals surface area contributed by atoms with Gasteiger partial charge in [0.15, 0.2) is 0 Å². The van der Waals surface area contributed by atoms with Gasteiger partial charge < -0.3 is 10.4 Å². The highest BCUT2D eigenvalue weighted by molar-refractivity contribution is 6.18. The van der Waals surface area contributed by atoms with Crippen molar-refractivity contribution >= 4 is 17.3 Å². The van der Waals surface area contributed by atoms with Crippen LogP contribution in [0.4, 0.5) is 5.69 Å². The van der Waals surface area contributed by atoms with Crippen LogP contribution in [0.3, 0.4) is 0 Å². The van der Waals surface area contributed by atoms with Crippen molar-refractivity contribution in [2.75, 3.05) is 17.7 Å². The molecule has 0 fully saturated rings. The predicted molar refractivity (Wildman–Crippen MR) is 73.9 cm³/mol. The quantitative estimate of drug-likeness (QED) is 0.814. The van der Waals surface area contributed by atoms with E-state index in [0.29, 0.717) is 6.54 Å². The zero-order valence-electron chi connectivity index (χ0n) is 10.2. The van der Waals surface area contributed by atoms with Gasteiger partial charge in [0, 0.05) is 31.0 Å². The number of halogens is 1. The number of nitrogens with zero attached hydrogens (tertiary/aromatic N) is 2. The highest BCUT2D eigenvalue weighted by atomic mass is 35.5. The second-order valence-electron chi connectivity index (χ2n) is 4.11. The summed E-state index contributed by atoms with van der Waals surface area (Å²) < 4.78 is 1.83. The zero-order chi connectivity index (χ0) is 13.0.